The molecule has 0 radical (unpaired) electrons. The molecule has 0 bridgehead atoms. The van der Waals surface area contributed by atoms with Crippen LogP contribution in [-0.4, -0.2) is 19.8 Å². The normalized spacial score (nSPS) is 17.6. The van der Waals surface area contributed by atoms with Crippen molar-refractivity contribution >= 4 is 57.8 Å². The number of nitrogens with one attached hydrogen (secondary N) is 1. The Morgan fingerprint density at radius 2 is 1.77 bits per heavy atom. The number of rotatable bonds is 4. The first-order valence-corrected chi connectivity index (χ1v) is 12.4. The summed E-state index contributed by atoms with van der Waals surface area (Å²) < 4.78 is 2.08. The van der Waals surface area contributed by atoms with E-state index in [2.05, 4.69) is 20.9 Å². The van der Waals surface area contributed by atoms with Gasteiger partial charge in [0.25, 0.3) is 0 Å². The Morgan fingerprint density at radius 1 is 0.971 bits per heavy atom. The van der Waals surface area contributed by atoms with E-state index in [1.807, 2.05) is 49.1 Å². The predicted octanol–water partition coefficient (Wildman–Crippen LogP) is 7.33. The van der Waals surface area contributed by atoms with Crippen molar-refractivity contribution in [1.82, 2.24) is 14.9 Å². The molecule has 2 atom stereocenters. The fraction of sp³-hybridized carbons (Fsp3) is 0.154. The van der Waals surface area contributed by atoms with Gasteiger partial charge in [-0.05, 0) is 80.2 Å². The molecule has 0 aliphatic carbocycles. The Morgan fingerprint density at radius 3 is 2.51 bits per heavy atom. The fourth-order valence-corrected chi connectivity index (χ4v) is 5.63. The molecule has 1 fully saturated rings. The average molecular weight is 544 g/mol. The van der Waals surface area contributed by atoms with Crippen LogP contribution in [0.4, 0.5) is 5.69 Å². The summed E-state index contributed by atoms with van der Waals surface area (Å²) in [5.74, 6) is 0.0805. The summed E-state index contributed by atoms with van der Waals surface area (Å²) >= 11 is 25.0. The first-order valence-electron chi connectivity index (χ1n) is 10.9. The molecule has 1 saturated heterocycles. The van der Waals surface area contributed by atoms with Gasteiger partial charge in [0.2, 0.25) is 0 Å². The highest BCUT2D eigenvalue weighted by Crippen LogP contribution is 2.46. The van der Waals surface area contributed by atoms with E-state index in [-0.39, 0.29) is 17.8 Å². The number of hydrogen-bond acceptors (Lipinski definition) is 3. The predicted molar refractivity (Wildman–Crippen MR) is 146 cm³/mol. The second-order valence-corrected chi connectivity index (χ2v) is 9.97. The zero-order chi connectivity index (χ0) is 24.9. The summed E-state index contributed by atoms with van der Waals surface area (Å²) in [6.45, 7) is 4.05. The average Bonchev–Trinajstić information content (AvgIpc) is 3.33. The molecule has 1 aliphatic heterocycles. The molecule has 5 nitrogen and oxygen atoms in total. The van der Waals surface area contributed by atoms with E-state index in [0.29, 0.717) is 25.9 Å². The Bertz CT molecular complexity index is 1440. The van der Waals surface area contributed by atoms with Gasteiger partial charge in [-0.2, -0.15) is 0 Å². The van der Waals surface area contributed by atoms with Crippen LogP contribution in [0.3, 0.4) is 0 Å². The van der Waals surface area contributed by atoms with Gasteiger partial charge in [-0.1, -0.05) is 46.9 Å². The topological polar surface area (TPSA) is 53.3 Å². The third-order valence-electron chi connectivity index (χ3n) is 6.26. The van der Waals surface area contributed by atoms with E-state index in [0.717, 1.165) is 28.3 Å². The maximum Gasteiger partial charge on any atom is 0.174 e. The molecule has 1 aliphatic rings. The molecule has 0 unspecified atom stereocenters. The number of halogens is 3. The first-order chi connectivity index (χ1) is 16.8. The van der Waals surface area contributed by atoms with Crippen LogP contribution in [0.15, 0.2) is 66.9 Å². The number of aryl methyl sites for hydroxylation is 1. The van der Waals surface area contributed by atoms with Gasteiger partial charge >= 0.3 is 0 Å². The molecular weight excluding hydrogens is 523 g/mol. The summed E-state index contributed by atoms with van der Waals surface area (Å²) in [5.41, 5.74) is 5.09. The molecule has 0 amide bonds. The molecule has 0 spiro atoms. The van der Waals surface area contributed by atoms with Gasteiger partial charge in [-0.3, -0.25) is 4.98 Å². The number of thiocarbonyl (C=S) groups is 1. The highest BCUT2D eigenvalue weighted by Gasteiger charge is 2.43. The minimum Gasteiger partial charge on any atom is -0.506 e. The highest BCUT2D eigenvalue weighted by atomic mass is 35.5. The lowest BCUT2D eigenvalue weighted by atomic mass is 9.96. The SMILES string of the molecule is Cc1cc([C@@H]2[C@@H](c3ccccn3)NC(=S)N2c2cc(Cl)ccc2O)c(C)n1-c1cccc(Cl)c1Cl. The number of nitrogens with zero attached hydrogens (tertiary/aromatic N) is 3. The molecule has 35 heavy (non-hydrogen) atoms. The first kappa shape index (κ1) is 23.9. The summed E-state index contributed by atoms with van der Waals surface area (Å²) in [6.07, 6.45) is 1.76. The third kappa shape index (κ3) is 4.15. The Labute approximate surface area is 223 Å². The second-order valence-electron chi connectivity index (χ2n) is 8.36. The largest absolute Gasteiger partial charge is 0.506 e. The summed E-state index contributed by atoms with van der Waals surface area (Å²) in [4.78, 5) is 6.50. The lowest BCUT2D eigenvalue weighted by molar-refractivity contribution is 0.472. The van der Waals surface area contributed by atoms with Crippen LogP contribution in [-0.2, 0) is 0 Å². The van der Waals surface area contributed by atoms with Crippen molar-refractivity contribution in [2.24, 2.45) is 0 Å². The monoisotopic (exact) mass is 542 g/mol. The molecule has 178 valence electrons. The number of aromatic nitrogens is 2. The lowest BCUT2D eigenvalue weighted by Crippen LogP contribution is -2.29. The van der Waals surface area contributed by atoms with E-state index in [1.165, 1.54) is 0 Å². The Hall–Kier alpha value is -2.77. The van der Waals surface area contributed by atoms with Crippen molar-refractivity contribution < 1.29 is 5.11 Å². The van der Waals surface area contributed by atoms with E-state index in [4.69, 9.17) is 47.0 Å². The van der Waals surface area contributed by atoms with E-state index < -0.39 is 0 Å². The minimum atomic E-state index is -0.320. The van der Waals surface area contributed by atoms with Crippen LogP contribution in [0, 0.1) is 13.8 Å². The van der Waals surface area contributed by atoms with E-state index in [9.17, 15) is 5.11 Å². The van der Waals surface area contributed by atoms with Crippen LogP contribution in [0.5, 0.6) is 5.75 Å². The fourth-order valence-electron chi connectivity index (χ4n) is 4.74. The second kappa shape index (κ2) is 9.36. The smallest absolute Gasteiger partial charge is 0.174 e. The van der Waals surface area contributed by atoms with Crippen molar-refractivity contribution in [3.63, 3.8) is 0 Å². The number of pyridine rings is 1. The number of phenols is 1. The molecular formula is C26H21Cl3N4OS. The molecule has 4 aromatic rings. The quantitative estimate of drug-likeness (QED) is 0.264. The Balaban J connectivity index is 1.73. The number of phenolic OH excluding ortho intramolecular Hbond substituents is 1. The van der Waals surface area contributed by atoms with Gasteiger partial charge < -0.3 is 19.9 Å². The van der Waals surface area contributed by atoms with Crippen LogP contribution >= 0.6 is 47.0 Å². The number of hydrogen-bond donors (Lipinski definition) is 2. The molecule has 0 saturated carbocycles. The molecule has 2 aromatic carbocycles. The number of anilines is 1. The number of benzene rings is 2. The standard InChI is InChI=1S/C26H21Cl3N4OS/c1-14-12-17(15(2)32(14)20-8-5-6-18(28)23(20)29)25-24(19-7-3-4-11-30-19)31-26(35)33(25)21-13-16(27)9-10-22(21)34/h3-13,24-25,34H,1-2H3,(H,31,35)/t24-,25-/m1/s1. The van der Waals surface area contributed by atoms with Crippen molar-refractivity contribution in [2.75, 3.05) is 4.90 Å². The third-order valence-corrected chi connectivity index (χ3v) is 7.61. The molecule has 9 heteroatoms. The summed E-state index contributed by atoms with van der Waals surface area (Å²) in [6, 6.07) is 17.8. The van der Waals surface area contributed by atoms with Crippen LogP contribution in [0.1, 0.15) is 34.7 Å². The van der Waals surface area contributed by atoms with E-state index in [1.54, 1.807) is 30.5 Å². The molecule has 3 heterocycles. The minimum absolute atomic E-state index is 0.0805. The van der Waals surface area contributed by atoms with Gasteiger partial charge in [-0.25, -0.2) is 0 Å². The highest BCUT2D eigenvalue weighted by molar-refractivity contribution is 7.80. The van der Waals surface area contributed by atoms with Crippen LogP contribution in [0.25, 0.3) is 5.69 Å². The zero-order valence-corrected chi connectivity index (χ0v) is 21.9. The maximum atomic E-state index is 10.8. The van der Waals surface area contributed by atoms with E-state index >= 15 is 0 Å². The van der Waals surface area contributed by atoms with Gasteiger partial charge in [0.1, 0.15) is 5.75 Å². The lowest BCUT2D eigenvalue weighted by Gasteiger charge is -2.29. The van der Waals surface area contributed by atoms with Gasteiger partial charge in [0.05, 0.1) is 39.2 Å². The van der Waals surface area contributed by atoms with Crippen molar-refractivity contribution in [1.29, 1.82) is 0 Å². The molecule has 5 rings (SSSR count). The zero-order valence-electron chi connectivity index (χ0n) is 18.8. The summed E-state index contributed by atoms with van der Waals surface area (Å²) in [7, 11) is 0. The van der Waals surface area contributed by atoms with Crippen molar-refractivity contribution in [3.05, 3.63) is 105 Å². The van der Waals surface area contributed by atoms with Gasteiger partial charge in [0.15, 0.2) is 5.11 Å². The van der Waals surface area contributed by atoms with Crippen LogP contribution in [0.2, 0.25) is 15.1 Å². The van der Waals surface area contributed by atoms with Gasteiger partial charge in [0, 0.05) is 22.6 Å². The maximum absolute atomic E-state index is 10.8. The van der Waals surface area contributed by atoms with Gasteiger partial charge in [-0.15, -0.1) is 0 Å². The molecule has 2 N–H and O–H groups in total. The van der Waals surface area contributed by atoms with Crippen molar-refractivity contribution in [3.8, 4) is 11.4 Å². The molecule has 2 aromatic heterocycles. The Kier molecular flexibility index (Phi) is 6.40. The van der Waals surface area contributed by atoms with Crippen molar-refractivity contribution in [2.45, 2.75) is 25.9 Å². The summed E-state index contributed by atoms with van der Waals surface area (Å²) in [5, 5.41) is 16.1. The van der Waals surface area contributed by atoms with Crippen LogP contribution < -0.4 is 10.2 Å². The number of aromatic hydroxyl groups is 1.